The summed E-state index contributed by atoms with van der Waals surface area (Å²) in [6, 6.07) is 7.92. The number of aromatic nitrogens is 2. The Hall–Kier alpha value is -2.30. The van der Waals surface area contributed by atoms with E-state index in [1.165, 1.54) is 11.3 Å². The fourth-order valence-corrected chi connectivity index (χ4v) is 2.82. The Balaban J connectivity index is 2.01. The molecule has 5 nitrogen and oxygen atoms in total. The first-order valence-electron chi connectivity index (χ1n) is 7.87. The molecule has 0 spiro atoms. The van der Waals surface area contributed by atoms with E-state index in [4.69, 9.17) is 0 Å². The summed E-state index contributed by atoms with van der Waals surface area (Å²) in [4.78, 5) is 14.4. The number of hydrogen-bond acceptors (Lipinski definition) is 3. The second-order valence-corrected chi connectivity index (χ2v) is 6.28. The molecule has 0 aliphatic carbocycles. The minimum atomic E-state index is -0.314. The van der Waals surface area contributed by atoms with E-state index in [1.54, 1.807) is 4.68 Å². The molecule has 0 saturated carbocycles. The van der Waals surface area contributed by atoms with Gasteiger partial charge >= 0.3 is 0 Å². The molecular weight excluding hydrogens is 288 g/mol. The van der Waals surface area contributed by atoms with E-state index in [0.717, 1.165) is 17.0 Å². The maximum atomic E-state index is 12.4. The van der Waals surface area contributed by atoms with Crippen molar-refractivity contribution in [2.24, 2.45) is 0 Å². The molecule has 0 fully saturated rings. The number of amides is 1. The summed E-state index contributed by atoms with van der Waals surface area (Å²) in [6.07, 6.45) is 0. The zero-order valence-electron chi connectivity index (χ0n) is 14.8. The molecule has 0 aliphatic rings. The fourth-order valence-electron chi connectivity index (χ4n) is 2.82. The van der Waals surface area contributed by atoms with Crippen molar-refractivity contribution >= 4 is 11.6 Å². The van der Waals surface area contributed by atoms with Gasteiger partial charge in [0.15, 0.2) is 0 Å². The average Bonchev–Trinajstić information content (AvgIpc) is 2.82. The molecule has 1 amide bonds. The molecule has 124 valence electrons. The molecular formula is C18H26N4O. The summed E-state index contributed by atoms with van der Waals surface area (Å²) in [5.74, 6) is -0.0226. The van der Waals surface area contributed by atoms with Crippen LogP contribution in [-0.2, 0) is 11.3 Å². The topological polar surface area (TPSA) is 50.2 Å². The maximum absolute atomic E-state index is 12.4. The van der Waals surface area contributed by atoms with Crippen LogP contribution < -0.4 is 10.2 Å². The highest BCUT2D eigenvalue weighted by Crippen LogP contribution is 2.19. The lowest BCUT2D eigenvalue weighted by atomic mass is 10.1. The van der Waals surface area contributed by atoms with E-state index in [1.807, 2.05) is 40.9 Å². The van der Waals surface area contributed by atoms with E-state index < -0.39 is 0 Å². The van der Waals surface area contributed by atoms with E-state index >= 15 is 0 Å². The monoisotopic (exact) mass is 314 g/mol. The molecule has 0 aliphatic heterocycles. The molecule has 23 heavy (non-hydrogen) atoms. The van der Waals surface area contributed by atoms with Gasteiger partial charge in [-0.3, -0.25) is 9.48 Å². The van der Waals surface area contributed by atoms with Crippen LogP contribution in [0.5, 0.6) is 0 Å². The Kier molecular flexibility index (Phi) is 5.08. The van der Waals surface area contributed by atoms with Gasteiger partial charge in [0.05, 0.1) is 5.69 Å². The molecule has 1 aromatic heterocycles. The van der Waals surface area contributed by atoms with Gasteiger partial charge in [-0.1, -0.05) is 12.1 Å². The van der Waals surface area contributed by atoms with Crippen molar-refractivity contribution in [3.05, 3.63) is 46.8 Å². The molecule has 1 N–H and O–H groups in total. The molecule has 0 saturated heterocycles. The minimum absolute atomic E-state index is 0.0226. The Morgan fingerprint density at radius 1 is 1.26 bits per heavy atom. The van der Waals surface area contributed by atoms with Crippen LogP contribution in [0.1, 0.15) is 35.5 Å². The second-order valence-electron chi connectivity index (χ2n) is 6.28. The smallest absolute Gasteiger partial charge is 0.244 e. The van der Waals surface area contributed by atoms with E-state index in [2.05, 4.69) is 40.4 Å². The number of rotatable bonds is 5. The normalized spacial score (nSPS) is 12.1. The van der Waals surface area contributed by atoms with Gasteiger partial charge in [-0.2, -0.15) is 5.10 Å². The number of carbonyl (C=O) groups is 1. The van der Waals surface area contributed by atoms with Crippen molar-refractivity contribution in [1.82, 2.24) is 15.1 Å². The zero-order valence-corrected chi connectivity index (χ0v) is 14.8. The summed E-state index contributed by atoms with van der Waals surface area (Å²) in [6.45, 7) is 8.38. The summed E-state index contributed by atoms with van der Waals surface area (Å²) < 4.78 is 1.77. The lowest BCUT2D eigenvalue weighted by molar-refractivity contribution is -0.124. The van der Waals surface area contributed by atoms with Crippen molar-refractivity contribution in [3.63, 3.8) is 0 Å². The van der Waals surface area contributed by atoms with Crippen molar-refractivity contribution in [2.75, 3.05) is 19.0 Å². The quantitative estimate of drug-likeness (QED) is 0.923. The number of aryl methyl sites for hydroxylation is 3. The van der Waals surface area contributed by atoms with Crippen molar-refractivity contribution in [2.45, 2.75) is 40.3 Å². The van der Waals surface area contributed by atoms with Crippen LogP contribution in [0.3, 0.4) is 0 Å². The van der Waals surface area contributed by atoms with E-state index in [0.29, 0.717) is 6.54 Å². The molecule has 2 rings (SSSR count). The summed E-state index contributed by atoms with van der Waals surface area (Å²) in [7, 11) is 4.06. The lowest BCUT2D eigenvalue weighted by Crippen LogP contribution is -2.31. The first-order chi connectivity index (χ1) is 10.8. The van der Waals surface area contributed by atoms with Gasteiger partial charge in [-0.15, -0.1) is 0 Å². The number of nitrogens with one attached hydrogen (secondary N) is 1. The van der Waals surface area contributed by atoms with Crippen molar-refractivity contribution in [1.29, 1.82) is 0 Å². The van der Waals surface area contributed by atoms with Crippen LogP contribution in [0, 0.1) is 20.8 Å². The standard InChI is InChI=1S/C18H26N4O/c1-12-9-16(7-8-17(12)21(5)6)11-19-18(23)15(4)22-14(3)10-13(2)20-22/h7-10,15H,11H2,1-6H3,(H,19,23)/t15-/m1/s1. The van der Waals surface area contributed by atoms with Crippen LogP contribution in [0.4, 0.5) is 5.69 Å². The zero-order chi connectivity index (χ0) is 17.1. The number of carbonyl (C=O) groups excluding carboxylic acids is 1. The van der Waals surface area contributed by atoms with Crippen LogP contribution in [0.15, 0.2) is 24.3 Å². The van der Waals surface area contributed by atoms with Gasteiger partial charge < -0.3 is 10.2 Å². The summed E-state index contributed by atoms with van der Waals surface area (Å²) in [5, 5.41) is 7.38. The van der Waals surface area contributed by atoms with Gasteiger partial charge in [0.25, 0.3) is 0 Å². The molecule has 1 aromatic carbocycles. The van der Waals surface area contributed by atoms with Crippen LogP contribution in [0.25, 0.3) is 0 Å². The van der Waals surface area contributed by atoms with Crippen LogP contribution in [-0.4, -0.2) is 29.8 Å². The maximum Gasteiger partial charge on any atom is 0.244 e. The van der Waals surface area contributed by atoms with Gasteiger partial charge in [-0.05, 0) is 51.0 Å². The molecule has 0 unspecified atom stereocenters. The van der Waals surface area contributed by atoms with Gasteiger partial charge in [0, 0.05) is 32.0 Å². The summed E-state index contributed by atoms with van der Waals surface area (Å²) in [5.41, 5.74) is 5.42. The Bertz CT molecular complexity index is 703. The molecule has 0 radical (unpaired) electrons. The molecule has 2 aromatic rings. The predicted molar refractivity (Wildman–Crippen MR) is 93.8 cm³/mol. The lowest BCUT2D eigenvalue weighted by Gasteiger charge is -2.17. The Morgan fingerprint density at radius 3 is 2.48 bits per heavy atom. The van der Waals surface area contributed by atoms with E-state index in [-0.39, 0.29) is 11.9 Å². The molecule has 0 bridgehead atoms. The third-order valence-electron chi connectivity index (χ3n) is 4.00. The van der Waals surface area contributed by atoms with Crippen LogP contribution in [0.2, 0.25) is 0 Å². The fraction of sp³-hybridized carbons (Fsp3) is 0.444. The Morgan fingerprint density at radius 2 is 1.96 bits per heavy atom. The van der Waals surface area contributed by atoms with Crippen molar-refractivity contribution < 1.29 is 4.79 Å². The van der Waals surface area contributed by atoms with Gasteiger partial charge in [-0.25, -0.2) is 0 Å². The average molecular weight is 314 g/mol. The summed E-state index contributed by atoms with van der Waals surface area (Å²) >= 11 is 0. The molecule has 1 heterocycles. The largest absolute Gasteiger partial charge is 0.377 e. The molecule has 1 atom stereocenters. The second kappa shape index (κ2) is 6.86. The third-order valence-corrected chi connectivity index (χ3v) is 4.00. The number of hydrogen-bond donors (Lipinski definition) is 1. The first-order valence-corrected chi connectivity index (χ1v) is 7.87. The number of nitrogens with zero attached hydrogens (tertiary/aromatic N) is 3. The highest BCUT2D eigenvalue weighted by Gasteiger charge is 2.17. The number of benzene rings is 1. The van der Waals surface area contributed by atoms with Gasteiger partial charge in [0.1, 0.15) is 6.04 Å². The third kappa shape index (κ3) is 3.92. The van der Waals surface area contributed by atoms with Gasteiger partial charge in [0.2, 0.25) is 5.91 Å². The Labute approximate surface area is 138 Å². The predicted octanol–water partition coefficient (Wildman–Crippen LogP) is 2.75. The van der Waals surface area contributed by atoms with Crippen molar-refractivity contribution in [3.8, 4) is 0 Å². The van der Waals surface area contributed by atoms with Crippen LogP contribution >= 0.6 is 0 Å². The first kappa shape index (κ1) is 17.1. The minimum Gasteiger partial charge on any atom is -0.377 e. The SMILES string of the molecule is Cc1cc(C)n([C@H](C)C(=O)NCc2ccc(N(C)C)c(C)c2)n1. The number of anilines is 1. The highest BCUT2D eigenvalue weighted by atomic mass is 16.2. The van der Waals surface area contributed by atoms with E-state index in [9.17, 15) is 4.79 Å². The molecule has 5 heteroatoms. The highest BCUT2D eigenvalue weighted by molar-refractivity contribution is 5.79.